The number of primary sulfonamides is 1. The summed E-state index contributed by atoms with van der Waals surface area (Å²) < 4.78 is 35.6. The Hall–Kier alpha value is -1.92. The molecule has 0 bridgehead atoms. The number of nitrogens with one attached hydrogen (secondary N) is 1. The maximum Gasteiger partial charge on any atom is 0.213 e. The number of aryl methyl sites for hydroxylation is 1. The van der Waals surface area contributed by atoms with E-state index in [0.717, 1.165) is 11.3 Å². The van der Waals surface area contributed by atoms with Crippen molar-refractivity contribution >= 4 is 15.7 Å². The van der Waals surface area contributed by atoms with Gasteiger partial charge in [-0.1, -0.05) is 29.8 Å². The predicted molar refractivity (Wildman–Crippen MR) is 81.7 cm³/mol. The summed E-state index contributed by atoms with van der Waals surface area (Å²) in [5, 5.41) is 8.08. The first-order chi connectivity index (χ1) is 9.83. The fourth-order valence-electron chi connectivity index (χ4n) is 1.99. The van der Waals surface area contributed by atoms with Crippen LogP contribution in [0.4, 0.5) is 10.1 Å². The monoisotopic (exact) mass is 308 g/mol. The highest BCUT2D eigenvalue weighted by Gasteiger charge is 2.05. The highest BCUT2D eigenvalue weighted by atomic mass is 32.2. The molecular formula is C15H17FN2O2S. The Labute approximate surface area is 123 Å². The van der Waals surface area contributed by atoms with Crippen LogP contribution in [0.1, 0.15) is 16.7 Å². The van der Waals surface area contributed by atoms with Crippen molar-refractivity contribution < 1.29 is 12.8 Å². The van der Waals surface area contributed by atoms with E-state index < -0.39 is 10.0 Å². The number of nitrogens with two attached hydrogens (primary N) is 1. The second-order valence-electron chi connectivity index (χ2n) is 4.95. The molecule has 0 atom stereocenters. The largest absolute Gasteiger partial charge is 0.381 e. The minimum atomic E-state index is -3.53. The summed E-state index contributed by atoms with van der Waals surface area (Å²) in [6.45, 7) is 2.27. The minimum Gasteiger partial charge on any atom is -0.381 e. The number of anilines is 1. The SMILES string of the molecule is Cc1ccc(F)c(CNc2ccc(CS(N)(=O)=O)cc2)c1. The first-order valence-corrected chi connectivity index (χ1v) is 8.13. The quantitative estimate of drug-likeness (QED) is 0.891. The molecule has 0 amide bonds. The normalized spacial score (nSPS) is 11.4. The molecule has 0 unspecified atom stereocenters. The number of rotatable bonds is 5. The lowest BCUT2D eigenvalue weighted by Crippen LogP contribution is -2.14. The molecule has 2 aromatic carbocycles. The summed E-state index contributed by atoms with van der Waals surface area (Å²) in [7, 11) is -3.53. The summed E-state index contributed by atoms with van der Waals surface area (Å²) >= 11 is 0. The zero-order chi connectivity index (χ0) is 15.5. The van der Waals surface area contributed by atoms with Gasteiger partial charge in [-0.05, 0) is 30.7 Å². The van der Waals surface area contributed by atoms with E-state index in [1.54, 1.807) is 36.4 Å². The molecule has 3 N–H and O–H groups in total. The van der Waals surface area contributed by atoms with Crippen LogP contribution in [-0.2, 0) is 22.3 Å². The molecule has 0 aliphatic carbocycles. The molecule has 21 heavy (non-hydrogen) atoms. The lowest BCUT2D eigenvalue weighted by Gasteiger charge is -2.09. The number of hydrogen-bond acceptors (Lipinski definition) is 3. The topological polar surface area (TPSA) is 72.2 Å². The van der Waals surface area contributed by atoms with Gasteiger partial charge in [0.05, 0.1) is 5.75 Å². The third-order valence-electron chi connectivity index (χ3n) is 3.01. The Balaban J connectivity index is 2.02. The molecule has 0 radical (unpaired) electrons. The van der Waals surface area contributed by atoms with Gasteiger partial charge in [-0.25, -0.2) is 17.9 Å². The van der Waals surface area contributed by atoms with Crippen LogP contribution in [0.15, 0.2) is 42.5 Å². The van der Waals surface area contributed by atoms with E-state index in [4.69, 9.17) is 5.14 Å². The van der Waals surface area contributed by atoms with Crippen molar-refractivity contribution in [1.29, 1.82) is 0 Å². The van der Waals surface area contributed by atoms with Crippen LogP contribution >= 0.6 is 0 Å². The van der Waals surface area contributed by atoms with Gasteiger partial charge < -0.3 is 5.32 Å². The highest BCUT2D eigenvalue weighted by molar-refractivity contribution is 7.88. The molecule has 0 saturated heterocycles. The van der Waals surface area contributed by atoms with Crippen LogP contribution in [0.25, 0.3) is 0 Å². The van der Waals surface area contributed by atoms with E-state index in [0.29, 0.717) is 17.7 Å². The Morgan fingerprint density at radius 3 is 2.43 bits per heavy atom. The third kappa shape index (κ3) is 4.84. The van der Waals surface area contributed by atoms with Gasteiger partial charge in [0.15, 0.2) is 0 Å². The molecule has 2 aromatic rings. The second kappa shape index (κ2) is 6.24. The average Bonchev–Trinajstić information content (AvgIpc) is 2.40. The van der Waals surface area contributed by atoms with Gasteiger partial charge in [-0.15, -0.1) is 0 Å². The maximum absolute atomic E-state index is 13.6. The highest BCUT2D eigenvalue weighted by Crippen LogP contribution is 2.15. The van der Waals surface area contributed by atoms with Gasteiger partial charge >= 0.3 is 0 Å². The van der Waals surface area contributed by atoms with E-state index in [-0.39, 0.29) is 11.6 Å². The first-order valence-electron chi connectivity index (χ1n) is 6.42. The fraction of sp³-hybridized carbons (Fsp3) is 0.200. The Morgan fingerprint density at radius 1 is 1.14 bits per heavy atom. The summed E-state index contributed by atoms with van der Waals surface area (Å²) in [6.07, 6.45) is 0. The molecule has 0 fully saturated rings. The standard InChI is InChI=1S/C15H17FN2O2S/c1-11-2-7-15(16)13(8-11)9-18-14-5-3-12(4-6-14)10-21(17,19)20/h2-8,18H,9-10H2,1H3,(H2,17,19,20). The summed E-state index contributed by atoms with van der Waals surface area (Å²) in [4.78, 5) is 0. The summed E-state index contributed by atoms with van der Waals surface area (Å²) in [5.41, 5.74) is 2.99. The molecule has 0 saturated carbocycles. The van der Waals surface area contributed by atoms with E-state index in [9.17, 15) is 12.8 Å². The van der Waals surface area contributed by atoms with E-state index in [1.807, 2.05) is 6.92 Å². The molecule has 0 aliphatic rings. The Bertz CT molecular complexity index is 728. The molecule has 0 spiro atoms. The zero-order valence-electron chi connectivity index (χ0n) is 11.6. The predicted octanol–water partition coefficient (Wildman–Crippen LogP) is 2.53. The number of benzene rings is 2. The fourth-order valence-corrected chi connectivity index (χ4v) is 2.64. The van der Waals surface area contributed by atoms with E-state index >= 15 is 0 Å². The van der Waals surface area contributed by atoms with Crippen molar-refractivity contribution in [1.82, 2.24) is 0 Å². The van der Waals surface area contributed by atoms with Crippen LogP contribution in [0.2, 0.25) is 0 Å². The van der Waals surface area contributed by atoms with E-state index in [1.165, 1.54) is 6.07 Å². The van der Waals surface area contributed by atoms with Crippen molar-refractivity contribution in [3.63, 3.8) is 0 Å². The van der Waals surface area contributed by atoms with Crippen LogP contribution in [-0.4, -0.2) is 8.42 Å². The van der Waals surface area contributed by atoms with Crippen molar-refractivity contribution in [3.8, 4) is 0 Å². The molecule has 0 aromatic heterocycles. The number of sulfonamides is 1. The Kier molecular flexibility index (Phi) is 4.59. The van der Waals surface area contributed by atoms with Crippen molar-refractivity contribution in [2.45, 2.75) is 19.2 Å². The van der Waals surface area contributed by atoms with Gasteiger partial charge in [0.2, 0.25) is 10.0 Å². The molecule has 0 aliphatic heterocycles. The minimum absolute atomic E-state index is 0.195. The van der Waals surface area contributed by atoms with E-state index in [2.05, 4.69) is 5.32 Å². The molecule has 112 valence electrons. The smallest absolute Gasteiger partial charge is 0.213 e. The van der Waals surface area contributed by atoms with Crippen LogP contribution in [0, 0.1) is 12.7 Å². The van der Waals surface area contributed by atoms with Crippen LogP contribution in [0.3, 0.4) is 0 Å². The van der Waals surface area contributed by atoms with Gasteiger partial charge in [0, 0.05) is 17.8 Å². The van der Waals surface area contributed by atoms with Crippen molar-refractivity contribution in [2.75, 3.05) is 5.32 Å². The summed E-state index contributed by atoms with van der Waals surface area (Å²) in [5.74, 6) is -0.446. The van der Waals surface area contributed by atoms with Crippen LogP contribution in [0.5, 0.6) is 0 Å². The number of halogens is 1. The van der Waals surface area contributed by atoms with Gasteiger partial charge in [-0.2, -0.15) is 0 Å². The first kappa shape index (κ1) is 15.5. The number of hydrogen-bond donors (Lipinski definition) is 2. The molecule has 6 heteroatoms. The second-order valence-corrected chi connectivity index (χ2v) is 6.57. The van der Waals surface area contributed by atoms with Crippen molar-refractivity contribution in [3.05, 3.63) is 65.0 Å². The lowest BCUT2D eigenvalue weighted by atomic mass is 10.1. The average molecular weight is 308 g/mol. The molecule has 2 rings (SSSR count). The molecular weight excluding hydrogens is 291 g/mol. The van der Waals surface area contributed by atoms with Crippen LogP contribution < -0.4 is 10.5 Å². The molecule has 0 heterocycles. The third-order valence-corrected chi connectivity index (χ3v) is 3.74. The zero-order valence-corrected chi connectivity index (χ0v) is 12.5. The van der Waals surface area contributed by atoms with Gasteiger partial charge in [0.25, 0.3) is 0 Å². The van der Waals surface area contributed by atoms with Crippen molar-refractivity contribution in [2.24, 2.45) is 5.14 Å². The maximum atomic E-state index is 13.6. The summed E-state index contributed by atoms with van der Waals surface area (Å²) in [6, 6.07) is 11.8. The Morgan fingerprint density at radius 2 is 1.81 bits per heavy atom. The molecule has 4 nitrogen and oxygen atoms in total. The van der Waals surface area contributed by atoms with Gasteiger partial charge in [0.1, 0.15) is 5.82 Å². The lowest BCUT2D eigenvalue weighted by molar-refractivity contribution is 0.597. The van der Waals surface area contributed by atoms with Gasteiger partial charge in [-0.3, -0.25) is 0 Å².